The maximum atomic E-state index is 12.1. The van der Waals surface area contributed by atoms with Gasteiger partial charge >= 0.3 is 24.0 Å². The van der Waals surface area contributed by atoms with Gasteiger partial charge in [-0.05, 0) is 47.1 Å². The Hall–Kier alpha value is -4.86. The van der Waals surface area contributed by atoms with E-state index in [4.69, 9.17) is 40.3 Å². The Morgan fingerprint density at radius 2 is 1.13 bits per heavy atom. The molecule has 54 heavy (non-hydrogen) atoms. The zero-order valence-corrected chi connectivity index (χ0v) is 31.3. The van der Waals surface area contributed by atoms with Crippen molar-refractivity contribution in [3.8, 4) is 11.1 Å². The number of carbonyl (C=O) groups is 4. The number of amides is 1. The number of alkyl carbamates (subject to hydrolysis) is 1. The number of nitrogens with one attached hydrogen (secondary N) is 1. The number of benzene rings is 3. The molecule has 0 heterocycles. The van der Waals surface area contributed by atoms with Crippen LogP contribution in [0.5, 0.6) is 0 Å². The Kier molecular flexibility index (Phi) is 21.8. The topological polar surface area (TPSA) is 219 Å². The van der Waals surface area contributed by atoms with Crippen molar-refractivity contribution in [1.82, 2.24) is 5.32 Å². The standard InChI is InChI=1S/C21H23NO5.C13H19NO3.C6H13NO3/c1-2-11-26-13-19(20(23)24)22-21(25)27-12-18-16-9-5-3-7-14(16)15-8-4-6-10-17(15)18;1-2-8-16-10-12(14)13(15)17-9-11-6-4-3-5-7-11;1-2-3-10-4-5(7)6(8)9/h3-10,18-19H,2,11-13H2,1H3,(H,22,25)(H,23,24);3-7,12H,2,8-10,14H2,1H3;5H,2-4,7H2,1H3,(H,8,9)/t19-;12-;5-/m111/s1. The van der Waals surface area contributed by atoms with Crippen LogP contribution >= 0.6 is 0 Å². The molecule has 0 unspecified atom stereocenters. The number of carboxylic acid groups (broad SMARTS) is 2. The van der Waals surface area contributed by atoms with Crippen LogP contribution in [-0.4, -0.2) is 98.6 Å². The Morgan fingerprint density at radius 3 is 1.63 bits per heavy atom. The fourth-order valence-corrected chi connectivity index (χ4v) is 4.99. The molecular formula is C40H55N3O11. The molecular weight excluding hydrogens is 698 g/mol. The van der Waals surface area contributed by atoms with E-state index in [9.17, 15) is 24.3 Å². The van der Waals surface area contributed by atoms with Crippen molar-refractivity contribution >= 4 is 24.0 Å². The van der Waals surface area contributed by atoms with E-state index in [-0.39, 0.29) is 39.0 Å². The van der Waals surface area contributed by atoms with Crippen LogP contribution in [0.2, 0.25) is 0 Å². The third kappa shape index (κ3) is 16.4. The molecule has 14 nitrogen and oxygen atoms in total. The fourth-order valence-electron chi connectivity index (χ4n) is 4.99. The first-order valence-corrected chi connectivity index (χ1v) is 18.1. The smallest absolute Gasteiger partial charge is 0.407 e. The van der Waals surface area contributed by atoms with Crippen LogP contribution in [0.25, 0.3) is 11.1 Å². The monoisotopic (exact) mass is 753 g/mol. The average molecular weight is 754 g/mol. The Bertz CT molecular complexity index is 1510. The molecule has 3 aromatic carbocycles. The maximum absolute atomic E-state index is 12.1. The van der Waals surface area contributed by atoms with Crippen LogP contribution in [0.4, 0.5) is 4.79 Å². The molecule has 1 amide bonds. The molecule has 0 bridgehead atoms. The van der Waals surface area contributed by atoms with Crippen molar-refractivity contribution in [2.45, 2.75) is 70.7 Å². The highest BCUT2D eigenvalue weighted by Gasteiger charge is 2.30. The lowest BCUT2D eigenvalue weighted by Crippen LogP contribution is -2.44. The fraction of sp³-hybridized carbons (Fsp3) is 0.450. The summed E-state index contributed by atoms with van der Waals surface area (Å²) in [5.41, 5.74) is 16.2. The van der Waals surface area contributed by atoms with Gasteiger partial charge in [-0.15, -0.1) is 0 Å². The van der Waals surface area contributed by atoms with Gasteiger partial charge in [-0.1, -0.05) is 99.6 Å². The molecule has 0 spiro atoms. The lowest BCUT2D eigenvalue weighted by atomic mass is 9.98. The maximum Gasteiger partial charge on any atom is 0.407 e. The van der Waals surface area contributed by atoms with Gasteiger partial charge in [0.05, 0.1) is 19.8 Å². The van der Waals surface area contributed by atoms with Gasteiger partial charge in [0.15, 0.2) is 6.04 Å². The summed E-state index contributed by atoms with van der Waals surface area (Å²) in [6.07, 6.45) is 1.81. The number of nitrogens with two attached hydrogens (primary N) is 2. The summed E-state index contributed by atoms with van der Waals surface area (Å²) in [5, 5.41) is 19.8. The highest BCUT2D eigenvalue weighted by molar-refractivity contribution is 5.81. The third-order valence-corrected chi connectivity index (χ3v) is 7.70. The summed E-state index contributed by atoms with van der Waals surface area (Å²) in [6, 6.07) is 22.8. The van der Waals surface area contributed by atoms with Crippen molar-refractivity contribution in [2.75, 3.05) is 46.2 Å². The van der Waals surface area contributed by atoms with Crippen molar-refractivity contribution < 1.29 is 53.1 Å². The molecule has 0 radical (unpaired) electrons. The van der Waals surface area contributed by atoms with Crippen LogP contribution in [0.3, 0.4) is 0 Å². The van der Waals surface area contributed by atoms with Gasteiger partial charge < -0.3 is 50.7 Å². The molecule has 0 aliphatic heterocycles. The molecule has 7 N–H and O–H groups in total. The summed E-state index contributed by atoms with van der Waals surface area (Å²) < 4.78 is 25.8. The number of carboxylic acids is 2. The Labute approximate surface area is 317 Å². The van der Waals surface area contributed by atoms with Crippen LogP contribution in [0.1, 0.15) is 62.6 Å². The minimum Gasteiger partial charge on any atom is -0.480 e. The molecule has 0 fully saturated rings. The molecule has 3 aromatic rings. The Morgan fingerprint density at radius 1 is 0.648 bits per heavy atom. The summed E-state index contributed by atoms with van der Waals surface area (Å²) in [5.74, 6) is -2.66. The molecule has 4 rings (SSSR count). The molecule has 0 aromatic heterocycles. The first kappa shape index (κ1) is 45.3. The number of fused-ring (bicyclic) bond motifs is 3. The third-order valence-electron chi connectivity index (χ3n) is 7.70. The second-order valence-corrected chi connectivity index (χ2v) is 12.2. The van der Waals surface area contributed by atoms with Gasteiger partial charge in [0.25, 0.3) is 0 Å². The second-order valence-electron chi connectivity index (χ2n) is 12.2. The predicted octanol–water partition coefficient (Wildman–Crippen LogP) is 4.71. The van der Waals surface area contributed by atoms with Gasteiger partial charge in [0.1, 0.15) is 25.3 Å². The quantitative estimate of drug-likeness (QED) is 0.0781. The molecule has 1 aliphatic rings. The summed E-state index contributed by atoms with van der Waals surface area (Å²) in [4.78, 5) is 45.0. The number of aliphatic carboxylic acids is 2. The minimum atomic E-state index is -1.15. The van der Waals surface area contributed by atoms with E-state index in [2.05, 4.69) is 17.4 Å². The van der Waals surface area contributed by atoms with Gasteiger partial charge in [0.2, 0.25) is 0 Å². The van der Waals surface area contributed by atoms with Crippen LogP contribution in [0.15, 0.2) is 78.9 Å². The van der Waals surface area contributed by atoms with E-state index in [0.717, 1.165) is 47.1 Å². The van der Waals surface area contributed by atoms with Crippen molar-refractivity contribution in [2.24, 2.45) is 11.5 Å². The lowest BCUT2D eigenvalue weighted by molar-refractivity contribution is -0.148. The van der Waals surface area contributed by atoms with E-state index in [1.54, 1.807) is 0 Å². The van der Waals surface area contributed by atoms with Crippen LogP contribution in [-0.2, 0) is 44.7 Å². The zero-order chi connectivity index (χ0) is 39.7. The summed E-state index contributed by atoms with van der Waals surface area (Å²) in [7, 11) is 0. The van der Waals surface area contributed by atoms with Crippen LogP contribution < -0.4 is 16.8 Å². The largest absolute Gasteiger partial charge is 0.480 e. The highest BCUT2D eigenvalue weighted by Crippen LogP contribution is 2.44. The molecule has 1 aliphatic carbocycles. The molecule has 3 atom stereocenters. The lowest BCUT2D eigenvalue weighted by Gasteiger charge is -2.17. The number of esters is 1. The second kappa shape index (κ2) is 26.0. The normalized spacial score (nSPS) is 13.0. The minimum absolute atomic E-state index is 0.0669. The van der Waals surface area contributed by atoms with E-state index in [1.807, 2.05) is 87.5 Å². The van der Waals surface area contributed by atoms with Crippen LogP contribution in [0, 0.1) is 0 Å². The number of rotatable bonds is 20. The first-order valence-electron chi connectivity index (χ1n) is 18.1. The highest BCUT2D eigenvalue weighted by atomic mass is 16.6. The van der Waals surface area contributed by atoms with Crippen molar-refractivity contribution in [3.05, 3.63) is 95.6 Å². The SMILES string of the molecule is CCCOC[C@@H](N)C(=O)O.CCCOC[C@@H](N)C(=O)OCc1ccccc1.CCCOC[C@@H](NC(=O)OCC1c2ccccc2-c2ccccc21)C(=O)O. The number of ether oxygens (including phenoxy) is 5. The first-order chi connectivity index (χ1) is 26.0. The zero-order valence-electron chi connectivity index (χ0n) is 31.3. The van der Waals surface area contributed by atoms with Gasteiger partial charge in [0, 0.05) is 25.7 Å². The number of carbonyl (C=O) groups excluding carboxylic acids is 2. The molecule has 14 heteroatoms. The molecule has 0 saturated carbocycles. The van der Waals surface area contributed by atoms with E-state index in [1.165, 1.54) is 0 Å². The Balaban J connectivity index is 0.000000319. The van der Waals surface area contributed by atoms with Crippen molar-refractivity contribution in [3.63, 3.8) is 0 Å². The van der Waals surface area contributed by atoms with E-state index in [0.29, 0.717) is 19.8 Å². The number of hydrogen-bond donors (Lipinski definition) is 5. The summed E-state index contributed by atoms with van der Waals surface area (Å²) >= 11 is 0. The van der Waals surface area contributed by atoms with Gasteiger partial charge in [-0.3, -0.25) is 9.59 Å². The molecule has 296 valence electrons. The van der Waals surface area contributed by atoms with E-state index < -0.39 is 42.1 Å². The van der Waals surface area contributed by atoms with E-state index >= 15 is 0 Å². The number of hydrogen-bond acceptors (Lipinski definition) is 11. The average Bonchev–Trinajstić information content (AvgIpc) is 3.50. The van der Waals surface area contributed by atoms with Crippen molar-refractivity contribution in [1.29, 1.82) is 0 Å². The van der Waals surface area contributed by atoms with Gasteiger partial charge in [-0.2, -0.15) is 0 Å². The predicted molar refractivity (Wildman–Crippen MR) is 203 cm³/mol. The molecule has 0 saturated heterocycles. The summed E-state index contributed by atoms with van der Waals surface area (Å²) in [6.45, 7) is 8.11. The van der Waals surface area contributed by atoms with Gasteiger partial charge in [-0.25, -0.2) is 9.59 Å².